The summed E-state index contributed by atoms with van der Waals surface area (Å²) < 4.78 is 68.0. The lowest BCUT2D eigenvalue weighted by Gasteiger charge is -2.32. The Morgan fingerprint density at radius 1 is 1.26 bits per heavy atom. The second-order valence-corrected chi connectivity index (χ2v) is 10.5. The van der Waals surface area contributed by atoms with Crippen molar-refractivity contribution in [3.05, 3.63) is 39.9 Å². The molecule has 15 heteroatoms. The number of anilines is 1. The molecule has 1 fully saturated rings. The van der Waals surface area contributed by atoms with Crippen molar-refractivity contribution >= 4 is 50.0 Å². The third-order valence-electron chi connectivity index (χ3n) is 5.21. The molecule has 1 aliphatic rings. The van der Waals surface area contributed by atoms with E-state index in [4.69, 9.17) is 11.6 Å². The zero-order valence-electron chi connectivity index (χ0n) is 18.0. The van der Waals surface area contributed by atoms with Crippen LogP contribution in [0.3, 0.4) is 0 Å². The van der Waals surface area contributed by atoms with E-state index >= 15 is 0 Å². The normalized spacial score (nSPS) is 15.3. The highest BCUT2D eigenvalue weighted by Crippen LogP contribution is 2.38. The number of carbonyl (C=O) groups excluding carboxylic acids is 2. The molecule has 1 aromatic carbocycles. The molecule has 0 atom stereocenters. The van der Waals surface area contributed by atoms with Crippen LogP contribution in [0.5, 0.6) is 0 Å². The number of alkyl halides is 2. The molecule has 1 aliphatic heterocycles. The van der Waals surface area contributed by atoms with Crippen LogP contribution in [0.2, 0.25) is 5.02 Å². The molecule has 1 amide bonds. The van der Waals surface area contributed by atoms with Gasteiger partial charge in [-0.05, 0) is 31.7 Å². The number of hydrogen-bond donors (Lipinski definition) is 0. The van der Waals surface area contributed by atoms with Crippen molar-refractivity contribution in [1.82, 2.24) is 14.8 Å². The summed E-state index contributed by atoms with van der Waals surface area (Å²) in [4.78, 5) is 33.6. The number of nitrogens with zero attached hydrogens (tertiary/aromatic N) is 4. The average molecular weight is 541 g/mol. The summed E-state index contributed by atoms with van der Waals surface area (Å²) in [5.74, 6) is -3.07. The second kappa shape index (κ2) is 10.1. The molecule has 34 heavy (non-hydrogen) atoms. The molecule has 2 heterocycles. The van der Waals surface area contributed by atoms with E-state index in [-0.39, 0.29) is 28.6 Å². The number of hydrogen-bond acceptors (Lipinski definition) is 8. The smallest absolute Gasteiger partial charge is 0.340 e. The van der Waals surface area contributed by atoms with E-state index in [9.17, 15) is 31.3 Å². The lowest BCUT2D eigenvalue weighted by molar-refractivity contribution is -0.209. The third-order valence-corrected chi connectivity index (χ3v) is 8.49. The van der Waals surface area contributed by atoms with Crippen LogP contribution in [0, 0.1) is 6.92 Å². The Morgan fingerprint density at radius 2 is 1.91 bits per heavy atom. The molecule has 0 aliphatic carbocycles. The first kappa shape index (κ1) is 26.2. The van der Waals surface area contributed by atoms with E-state index in [2.05, 4.69) is 9.93 Å². The number of piperazine rings is 1. The fraction of sp³-hybridized carbons (Fsp3) is 0.421. The maximum atomic E-state index is 14.9. The van der Waals surface area contributed by atoms with Crippen LogP contribution in [0.4, 0.5) is 18.4 Å². The summed E-state index contributed by atoms with van der Waals surface area (Å²) in [5.41, 5.74) is -0.0584. The van der Waals surface area contributed by atoms with Gasteiger partial charge in [0.1, 0.15) is 0 Å². The van der Waals surface area contributed by atoms with Crippen LogP contribution in [0.25, 0.3) is 0 Å². The molecule has 9 nitrogen and oxygen atoms in total. The molecule has 2 aromatic rings. The number of rotatable bonds is 7. The Hall–Kier alpha value is -2.42. The van der Waals surface area contributed by atoms with Crippen molar-refractivity contribution in [2.45, 2.75) is 24.3 Å². The SMILES string of the molecule is Cc1c(Cl)cccc1S(=O)(=O)N(c1nc(CC(=O)N2CCN(C)CC2)cs1)C(F)(F)C(=O)OF. The van der Waals surface area contributed by atoms with E-state index in [1.54, 1.807) is 4.90 Å². The molecule has 0 radical (unpaired) electrons. The molecule has 0 unspecified atom stereocenters. The standard InChI is InChI=1S/C19H20ClF3N4O5S2/c1-12-14(20)4-3-5-15(12)34(30,31)27(19(21,22)17(29)32-23)18-24-13(11-33-18)10-16(28)26-8-6-25(2)7-9-26/h3-5,11H,6-10H2,1-2H3. The van der Waals surface area contributed by atoms with E-state index in [1.807, 2.05) is 11.9 Å². The minimum Gasteiger partial charge on any atom is -0.340 e. The highest BCUT2D eigenvalue weighted by molar-refractivity contribution is 7.93. The van der Waals surface area contributed by atoms with Gasteiger partial charge < -0.3 is 9.80 Å². The van der Waals surface area contributed by atoms with Crippen LogP contribution >= 0.6 is 22.9 Å². The molecular formula is C19H20ClF3N4O5S2. The summed E-state index contributed by atoms with van der Waals surface area (Å²) in [6.45, 7) is 3.55. The van der Waals surface area contributed by atoms with Crippen molar-refractivity contribution in [2.75, 3.05) is 37.5 Å². The summed E-state index contributed by atoms with van der Waals surface area (Å²) >= 11 is 6.39. The maximum absolute atomic E-state index is 14.9. The van der Waals surface area contributed by atoms with Crippen LogP contribution in [-0.2, 0) is 31.0 Å². The van der Waals surface area contributed by atoms with Gasteiger partial charge in [-0.2, -0.15) is 13.1 Å². The Kier molecular flexibility index (Phi) is 7.75. The van der Waals surface area contributed by atoms with Crippen molar-refractivity contribution in [3.63, 3.8) is 0 Å². The van der Waals surface area contributed by atoms with Crippen LogP contribution < -0.4 is 4.31 Å². The Labute approximate surface area is 202 Å². The molecule has 0 bridgehead atoms. The summed E-state index contributed by atoms with van der Waals surface area (Å²) in [6.07, 6.45) is -0.274. The minimum atomic E-state index is -5.18. The highest BCUT2D eigenvalue weighted by atomic mass is 35.5. The first-order valence-corrected chi connectivity index (χ1v) is 12.5. The number of carbonyl (C=O) groups is 2. The van der Waals surface area contributed by atoms with Gasteiger partial charge in [-0.25, -0.2) is 23.1 Å². The van der Waals surface area contributed by atoms with Gasteiger partial charge in [0, 0.05) is 41.1 Å². The van der Waals surface area contributed by atoms with Gasteiger partial charge in [-0.15, -0.1) is 11.3 Å². The monoisotopic (exact) mass is 540 g/mol. The van der Waals surface area contributed by atoms with Gasteiger partial charge in [0.15, 0.2) is 0 Å². The van der Waals surface area contributed by atoms with Gasteiger partial charge in [0.25, 0.3) is 10.0 Å². The predicted octanol–water partition coefficient (Wildman–Crippen LogP) is 2.64. The quantitative estimate of drug-likeness (QED) is 0.498. The molecule has 1 aromatic heterocycles. The average Bonchev–Trinajstić information content (AvgIpc) is 3.22. The summed E-state index contributed by atoms with van der Waals surface area (Å²) in [7, 11) is -3.27. The van der Waals surface area contributed by atoms with Crippen LogP contribution in [-0.4, -0.2) is 74.4 Å². The topological polar surface area (TPSA) is 100 Å². The predicted molar refractivity (Wildman–Crippen MR) is 118 cm³/mol. The molecule has 0 saturated carbocycles. The number of amides is 1. The molecule has 0 spiro atoms. The van der Waals surface area contributed by atoms with Crippen LogP contribution in [0.1, 0.15) is 11.3 Å². The fourth-order valence-electron chi connectivity index (χ4n) is 3.26. The van der Waals surface area contributed by atoms with Gasteiger partial charge in [0.2, 0.25) is 11.0 Å². The van der Waals surface area contributed by atoms with E-state index in [0.29, 0.717) is 37.5 Å². The number of thiazole rings is 1. The van der Waals surface area contributed by atoms with Crippen molar-refractivity contribution in [3.8, 4) is 0 Å². The summed E-state index contributed by atoms with van der Waals surface area (Å²) in [5, 5.41) is 0.332. The highest BCUT2D eigenvalue weighted by Gasteiger charge is 2.56. The van der Waals surface area contributed by atoms with E-state index in [1.165, 1.54) is 24.4 Å². The maximum Gasteiger partial charge on any atom is 0.441 e. The van der Waals surface area contributed by atoms with Gasteiger partial charge in [-0.1, -0.05) is 17.7 Å². The number of sulfonamides is 1. The first-order chi connectivity index (χ1) is 15.9. The Bertz CT molecular complexity index is 1190. The van der Waals surface area contributed by atoms with Crippen molar-refractivity contribution in [1.29, 1.82) is 0 Å². The number of halogens is 4. The lowest BCUT2D eigenvalue weighted by Crippen LogP contribution is -2.51. The molecule has 1 saturated heterocycles. The lowest BCUT2D eigenvalue weighted by atomic mass is 10.2. The summed E-state index contributed by atoms with van der Waals surface area (Å²) in [6, 6.07) is -1.42. The van der Waals surface area contributed by atoms with Crippen molar-refractivity contribution in [2.24, 2.45) is 0 Å². The number of likely N-dealkylation sites (N-methyl/N-ethyl adjacent to an activating group) is 1. The Balaban J connectivity index is 1.99. The first-order valence-electron chi connectivity index (χ1n) is 9.81. The van der Waals surface area contributed by atoms with E-state index in [0.717, 1.165) is 6.07 Å². The molecule has 3 rings (SSSR count). The largest absolute Gasteiger partial charge is 0.441 e. The van der Waals surface area contributed by atoms with Crippen molar-refractivity contribution < 1.29 is 36.3 Å². The number of benzene rings is 1. The minimum absolute atomic E-state index is 0.0105. The second-order valence-electron chi connectivity index (χ2n) is 7.52. The van der Waals surface area contributed by atoms with Gasteiger partial charge in [-0.3, -0.25) is 4.79 Å². The zero-order valence-corrected chi connectivity index (χ0v) is 20.4. The zero-order chi connectivity index (χ0) is 25.3. The van der Waals surface area contributed by atoms with Crippen LogP contribution in [0.15, 0.2) is 28.5 Å². The van der Waals surface area contributed by atoms with Gasteiger partial charge in [0.05, 0.1) is 17.0 Å². The molecule has 186 valence electrons. The fourth-order valence-corrected chi connectivity index (χ4v) is 6.24. The van der Waals surface area contributed by atoms with Gasteiger partial charge >= 0.3 is 12.0 Å². The molecular weight excluding hydrogens is 521 g/mol. The number of aromatic nitrogens is 1. The van der Waals surface area contributed by atoms with E-state index < -0.39 is 36.4 Å². The molecule has 0 N–H and O–H groups in total. The third kappa shape index (κ3) is 5.14. The Morgan fingerprint density at radius 3 is 2.53 bits per heavy atom.